The Labute approximate surface area is 85.0 Å². The van der Waals surface area contributed by atoms with Crippen molar-refractivity contribution in [3.63, 3.8) is 0 Å². The van der Waals surface area contributed by atoms with Crippen LogP contribution in [0.3, 0.4) is 0 Å². The summed E-state index contributed by atoms with van der Waals surface area (Å²) in [5.41, 5.74) is 4.64. The fraction of sp³-hybridized carbons (Fsp3) is 0.0909. The van der Waals surface area contributed by atoms with E-state index in [9.17, 15) is 0 Å². The fourth-order valence-electron chi connectivity index (χ4n) is 1.88. The van der Waals surface area contributed by atoms with Crippen molar-refractivity contribution in [3.8, 4) is 0 Å². The van der Waals surface area contributed by atoms with E-state index in [0.717, 1.165) is 27.5 Å². The van der Waals surface area contributed by atoms with Crippen molar-refractivity contribution in [2.24, 2.45) is 0 Å². The summed E-state index contributed by atoms with van der Waals surface area (Å²) < 4.78 is 10.7. The van der Waals surface area contributed by atoms with E-state index in [1.807, 2.05) is 18.2 Å². The van der Waals surface area contributed by atoms with Crippen LogP contribution in [-0.4, -0.2) is 5.21 Å². The summed E-state index contributed by atoms with van der Waals surface area (Å²) in [5, 5.41) is 10.7. The maximum atomic E-state index is 8.79. The maximum Gasteiger partial charge on any atom is 0.139 e. The number of hydrogen-bond donors (Lipinski definition) is 2. The van der Waals surface area contributed by atoms with Crippen LogP contribution in [-0.2, 0) is 6.54 Å². The monoisotopic (exact) mass is 203 g/mol. The van der Waals surface area contributed by atoms with Gasteiger partial charge >= 0.3 is 0 Å². The van der Waals surface area contributed by atoms with Gasteiger partial charge in [-0.25, -0.2) is 5.48 Å². The van der Waals surface area contributed by atoms with E-state index >= 15 is 0 Å². The molecular formula is C11H9NO3. The molecule has 4 nitrogen and oxygen atoms in total. The normalized spacial score (nSPS) is 11.5. The summed E-state index contributed by atoms with van der Waals surface area (Å²) in [6.07, 6.45) is 3.26. The van der Waals surface area contributed by atoms with Crippen molar-refractivity contribution < 1.29 is 14.0 Å². The molecule has 0 atom stereocenters. The molecule has 0 amide bonds. The Morgan fingerprint density at radius 1 is 1.20 bits per heavy atom. The van der Waals surface area contributed by atoms with Gasteiger partial charge in [0, 0.05) is 16.3 Å². The van der Waals surface area contributed by atoms with E-state index in [-0.39, 0.29) is 0 Å². The third-order valence-electron chi connectivity index (χ3n) is 2.53. The van der Waals surface area contributed by atoms with Crippen LogP contribution in [0.2, 0.25) is 0 Å². The number of fused-ring (bicyclic) bond motifs is 2. The molecular weight excluding hydrogens is 194 g/mol. The van der Waals surface area contributed by atoms with E-state index < -0.39 is 0 Å². The first kappa shape index (κ1) is 8.52. The van der Waals surface area contributed by atoms with Crippen molar-refractivity contribution in [1.29, 1.82) is 0 Å². The van der Waals surface area contributed by atoms with E-state index in [2.05, 4.69) is 5.48 Å². The highest BCUT2D eigenvalue weighted by Crippen LogP contribution is 2.29. The highest BCUT2D eigenvalue weighted by Gasteiger charge is 2.11. The molecule has 0 aliphatic carbocycles. The average Bonchev–Trinajstić information content (AvgIpc) is 2.84. The largest absolute Gasteiger partial charge is 0.464 e. The first-order valence-electron chi connectivity index (χ1n) is 4.63. The lowest BCUT2D eigenvalue weighted by Crippen LogP contribution is -2.06. The van der Waals surface area contributed by atoms with Gasteiger partial charge in [0.15, 0.2) is 0 Å². The van der Waals surface area contributed by atoms with Gasteiger partial charge in [0.2, 0.25) is 0 Å². The molecule has 2 aromatic heterocycles. The third kappa shape index (κ3) is 1.16. The van der Waals surface area contributed by atoms with Gasteiger partial charge in [-0.1, -0.05) is 0 Å². The topological polar surface area (TPSA) is 58.5 Å². The molecule has 0 fully saturated rings. The maximum absolute atomic E-state index is 8.79. The SMILES string of the molecule is ONCc1c2ccoc2cc2ccoc12. The van der Waals surface area contributed by atoms with Crippen molar-refractivity contribution in [2.75, 3.05) is 0 Å². The molecule has 0 unspecified atom stereocenters. The van der Waals surface area contributed by atoms with E-state index in [0.29, 0.717) is 6.54 Å². The molecule has 0 aliphatic rings. The summed E-state index contributed by atoms with van der Waals surface area (Å²) in [4.78, 5) is 0. The molecule has 15 heavy (non-hydrogen) atoms. The Morgan fingerprint density at radius 2 is 2.07 bits per heavy atom. The molecule has 1 aromatic carbocycles. The number of hydroxylamine groups is 1. The second-order valence-corrected chi connectivity index (χ2v) is 3.36. The molecule has 0 radical (unpaired) electrons. The molecule has 3 rings (SSSR count). The molecule has 2 N–H and O–H groups in total. The third-order valence-corrected chi connectivity index (χ3v) is 2.53. The van der Waals surface area contributed by atoms with E-state index in [4.69, 9.17) is 14.0 Å². The molecule has 0 aliphatic heterocycles. The number of benzene rings is 1. The number of furan rings is 2. The first-order chi connectivity index (χ1) is 7.40. The van der Waals surface area contributed by atoms with Crippen LogP contribution in [0, 0.1) is 0 Å². The molecule has 76 valence electrons. The van der Waals surface area contributed by atoms with Gasteiger partial charge in [-0.15, -0.1) is 0 Å². The quantitative estimate of drug-likeness (QED) is 0.628. The second kappa shape index (κ2) is 3.12. The molecule has 0 spiro atoms. The van der Waals surface area contributed by atoms with Crippen LogP contribution in [0.15, 0.2) is 39.6 Å². The van der Waals surface area contributed by atoms with Crippen LogP contribution in [0.1, 0.15) is 5.56 Å². The van der Waals surface area contributed by atoms with Crippen molar-refractivity contribution in [2.45, 2.75) is 6.54 Å². The Kier molecular flexibility index (Phi) is 1.77. The van der Waals surface area contributed by atoms with Crippen LogP contribution >= 0.6 is 0 Å². The van der Waals surface area contributed by atoms with Gasteiger partial charge < -0.3 is 14.0 Å². The molecule has 0 saturated carbocycles. The van der Waals surface area contributed by atoms with Gasteiger partial charge in [0.1, 0.15) is 11.2 Å². The summed E-state index contributed by atoms with van der Waals surface area (Å²) in [5.74, 6) is 0. The molecule has 3 aromatic rings. The van der Waals surface area contributed by atoms with Crippen molar-refractivity contribution in [1.82, 2.24) is 5.48 Å². The molecule has 4 heteroatoms. The highest BCUT2D eigenvalue weighted by atomic mass is 16.5. The van der Waals surface area contributed by atoms with Crippen LogP contribution in [0.25, 0.3) is 21.9 Å². The van der Waals surface area contributed by atoms with Crippen molar-refractivity contribution in [3.05, 3.63) is 36.3 Å². The molecule has 0 saturated heterocycles. The smallest absolute Gasteiger partial charge is 0.139 e. The lowest BCUT2D eigenvalue weighted by atomic mass is 10.1. The molecule has 0 bridgehead atoms. The minimum absolute atomic E-state index is 0.334. The molecule has 2 heterocycles. The minimum atomic E-state index is 0.334. The predicted octanol–water partition coefficient (Wildman–Crippen LogP) is 2.66. The van der Waals surface area contributed by atoms with Crippen molar-refractivity contribution >= 4 is 21.9 Å². The van der Waals surface area contributed by atoms with E-state index in [1.54, 1.807) is 12.5 Å². The summed E-state index contributed by atoms with van der Waals surface area (Å²) in [6, 6.07) is 5.66. The van der Waals surface area contributed by atoms with Crippen LogP contribution < -0.4 is 5.48 Å². The lowest BCUT2D eigenvalue weighted by Gasteiger charge is -2.02. The standard InChI is InChI=1S/C11H9NO3/c13-12-6-9-8-2-4-14-10(8)5-7-1-3-15-11(7)9/h1-5,12-13H,6H2. The Hall–Kier alpha value is -1.78. The van der Waals surface area contributed by atoms with Gasteiger partial charge in [0.25, 0.3) is 0 Å². The van der Waals surface area contributed by atoms with Crippen LogP contribution in [0.5, 0.6) is 0 Å². The zero-order valence-corrected chi connectivity index (χ0v) is 7.86. The lowest BCUT2D eigenvalue weighted by molar-refractivity contribution is 0.161. The van der Waals surface area contributed by atoms with Gasteiger partial charge in [-0.05, 0) is 18.2 Å². The minimum Gasteiger partial charge on any atom is -0.464 e. The van der Waals surface area contributed by atoms with E-state index in [1.165, 1.54) is 0 Å². The van der Waals surface area contributed by atoms with Gasteiger partial charge in [-0.3, -0.25) is 0 Å². The fourth-order valence-corrected chi connectivity index (χ4v) is 1.88. The average molecular weight is 203 g/mol. The van der Waals surface area contributed by atoms with Gasteiger partial charge in [0.05, 0.1) is 19.1 Å². The Balaban J connectivity index is 2.45. The summed E-state index contributed by atoms with van der Waals surface area (Å²) in [7, 11) is 0. The Morgan fingerprint density at radius 3 is 2.93 bits per heavy atom. The number of rotatable bonds is 2. The second-order valence-electron chi connectivity index (χ2n) is 3.36. The zero-order chi connectivity index (χ0) is 10.3. The van der Waals surface area contributed by atoms with Crippen LogP contribution in [0.4, 0.5) is 0 Å². The van der Waals surface area contributed by atoms with Gasteiger partial charge in [-0.2, -0.15) is 0 Å². The number of hydrogen-bond acceptors (Lipinski definition) is 4. The highest BCUT2D eigenvalue weighted by molar-refractivity contribution is 5.97. The first-order valence-corrected chi connectivity index (χ1v) is 4.63. The summed E-state index contributed by atoms with van der Waals surface area (Å²) >= 11 is 0. The Bertz CT molecular complexity index is 560. The predicted molar refractivity (Wildman–Crippen MR) is 54.6 cm³/mol. The zero-order valence-electron chi connectivity index (χ0n) is 7.86. The number of nitrogens with one attached hydrogen (secondary N) is 1. The summed E-state index contributed by atoms with van der Waals surface area (Å²) in [6.45, 7) is 0.334.